The molecule has 0 unspecified atom stereocenters. The van der Waals surface area contributed by atoms with Crippen LogP contribution >= 0.6 is 0 Å². The summed E-state index contributed by atoms with van der Waals surface area (Å²) in [5.41, 5.74) is 2.25. The van der Waals surface area contributed by atoms with Gasteiger partial charge in [-0.25, -0.2) is 4.39 Å². The Bertz CT molecular complexity index is 608. The average molecular weight is 326 g/mol. The smallest absolute Gasteiger partial charge is 0.221 e. The molecule has 0 aliphatic carbocycles. The van der Waals surface area contributed by atoms with Gasteiger partial charge in [-0.15, -0.1) is 0 Å². The second-order valence-electron chi connectivity index (χ2n) is 6.32. The van der Waals surface area contributed by atoms with Gasteiger partial charge in [0.1, 0.15) is 6.17 Å². The zero-order valence-corrected chi connectivity index (χ0v) is 13.6. The van der Waals surface area contributed by atoms with Crippen molar-refractivity contribution < 1.29 is 9.18 Å². The molecule has 2 aromatic rings. The summed E-state index contributed by atoms with van der Waals surface area (Å²) in [7, 11) is 0. The number of rotatable bonds is 6. The fraction of sp³-hybridized carbons (Fsp3) is 0.350. The van der Waals surface area contributed by atoms with Crippen LogP contribution in [0.5, 0.6) is 0 Å². The number of benzene rings is 2. The first kappa shape index (κ1) is 16.7. The van der Waals surface area contributed by atoms with Gasteiger partial charge in [-0.2, -0.15) is 0 Å². The summed E-state index contributed by atoms with van der Waals surface area (Å²) in [6, 6.07) is 20.2. The van der Waals surface area contributed by atoms with E-state index in [2.05, 4.69) is 34.9 Å². The Labute approximate surface area is 142 Å². The molecule has 1 amide bonds. The van der Waals surface area contributed by atoms with Gasteiger partial charge in [0.05, 0.1) is 0 Å². The first-order chi connectivity index (χ1) is 11.7. The van der Waals surface area contributed by atoms with E-state index in [0.29, 0.717) is 25.9 Å². The lowest BCUT2D eigenvalue weighted by atomic mass is 9.88. The Morgan fingerprint density at radius 3 is 2.17 bits per heavy atom. The number of hydrogen-bond donors (Lipinski definition) is 2. The number of amides is 1. The third-order valence-corrected chi connectivity index (χ3v) is 4.51. The van der Waals surface area contributed by atoms with Crippen molar-refractivity contribution in [1.82, 2.24) is 10.6 Å². The second-order valence-corrected chi connectivity index (χ2v) is 6.32. The Morgan fingerprint density at radius 2 is 1.67 bits per heavy atom. The lowest BCUT2D eigenvalue weighted by Crippen LogP contribution is -2.37. The van der Waals surface area contributed by atoms with E-state index >= 15 is 0 Å². The second kappa shape index (κ2) is 8.06. The molecule has 126 valence electrons. The van der Waals surface area contributed by atoms with Crippen molar-refractivity contribution in [3.8, 4) is 0 Å². The topological polar surface area (TPSA) is 41.1 Å². The number of halogens is 1. The molecule has 0 bridgehead atoms. The van der Waals surface area contributed by atoms with Crippen molar-refractivity contribution in [2.75, 3.05) is 13.1 Å². The van der Waals surface area contributed by atoms with Crippen molar-refractivity contribution >= 4 is 5.91 Å². The number of nitrogens with one attached hydrogen (secondary N) is 2. The van der Waals surface area contributed by atoms with E-state index in [4.69, 9.17) is 0 Å². The molecule has 2 N–H and O–H groups in total. The summed E-state index contributed by atoms with van der Waals surface area (Å²) in [5, 5.41) is 6.04. The molecule has 2 atom stereocenters. The normalized spacial score (nSPS) is 20.2. The van der Waals surface area contributed by atoms with E-state index < -0.39 is 6.17 Å². The van der Waals surface area contributed by atoms with E-state index in [9.17, 15) is 9.18 Å². The number of hydrogen-bond acceptors (Lipinski definition) is 2. The van der Waals surface area contributed by atoms with Crippen molar-refractivity contribution in [2.45, 2.75) is 31.0 Å². The van der Waals surface area contributed by atoms with E-state index in [1.807, 2.05) is 36.4 Å². The quantitative estimate of drug-likeness (QED) is 0.857. The largest absolute Gasteiger partial charge is 0.355 e. The van der Waals surface area contributed by atoms with Crippen LogP contribution in [0, 0.1) is 0 Å². The van der Waals surface area contributed by atoms with Gasteiger partial charge < -0.3 is 10.6 Å². The van der Waals surface area contributed by atoms with Gasteiger partial charge in [-0.05, 0) is 17.5 Å². The fourth-order valence-corrected chi connectivity index (χ4v) is 3.22. The molecule has 0 saturated carbocycles. The van der Waals surface area contributed by atoms with Gasteiger partial charge >= 0.3 is 0 Å². The first-order valence-corrected chi connectivity index (χ1v) is 8.46. The molecule has 1 aliphatic rings. The number of carbonyl (C=O) groups is 1. The Kier molecular flexibility index (Phi) is 5.59. The van der Waals surface area contributed by atoms with Crippen molar-refractivity contribution in [3.05, 3.63) is 71.8 Å². The van der Waals surface area contributed by atoms with Crippen molar-refractivity contribution in [2.24, 2.45) is 0 Å². The maximum atomic E-state index is 13.2. The van der Waals surface area contributed by atoms with Crippen molar-refractivity contribution in [3.63, 3.8) is 0 Å². The molecule has 4 heteroatoms. The third kappa shape index (κ3) is 4.42. The molecule has 0 aromatic heterocycles. The van der Waals surface area contributed by atoms with Crippen LogP contribution in [0.3, 0.4) is 0 Å². The van der Waals surface area contributed by atoms with Crippen LogP contribution in [-0.4, -0.2) is 31.2 Å². The zero-order valence-electron chi connectivity index (χ0n) is 13.6. The van der Waals surface area contributed by atoms with Gasteiger partial charge in [0.15, 0.2) is 0 Å². The van der Waals surface area contributed by atoms with E-state index in [0.717, 1.165) is 11.1 Å². The zero-order chi connectivity index (χ0) is 16.8. The van der Waals surface area contributed by atoms with Crippen molar-refractivity contribution in [1.29, 1.82) is 0 Å². The summed E-state index contributed by atoms with van der Waals surface area (Å²) in [6.45, 7) is 0.868. The highest BCUT2D eigenvalue weighted by Crippen LogP contribution is 2.27. The monoisotopic (exact) mass is 326 g/mol. The maximum Gasteiger partial charge on any atom is 0.221 e. The summed E-state index contributed by atoms with van der Waals surface area (Å²) in [4.78, 5) is 12.4. The van der Waals surface area contributed by atoms with E-state index in [1.165, 1.54) is 0 Å². The van der Waals surface area contributed by atoms with Gasteiger partial charge in [0.2, 0.25) is 5.91 Å². The molecule has 0 spiro atoms. The number of carbonyl (C=O) groups excluding carboxylic acids is 1. The summed E-state index contributed by atoms with van der Waals surface area (Å²) in [6.07, 6.45) is 0.0641. The van der Waals surface area contributed by atoms with Gasteiger partial charge in [-0.3, -0.25) is 4.79 Å². The predicted octanol–water partition coefficient (Wildman–Crippen LogP) is 3.02. The van der Waals surface area contributed by atoms with Crippen LogP contribution in [0.25, 0.3) is 0 Å². The minimum absolute atomic E-state index is 0.00295. The van der Waals surface area contributed by atoms with Gasteiger partial charge in [0.25, 0.3) is 0 Å². The van der Waals surface area contributed by atoms with Crippen LogP contribution in [-0.2, 0) is 4.79 Å². The highest BCUT2D eigenvalue weighted by atomic mass is 19.1. The molecule has 0 radical (unpaired) electrons. The third-order valence-electron chi connectivity index (χ3n) is 4.51. The molecule has 1 fully saturated rings. The minimum atomic E-state index is -0.798. The SMILES string of the molecule is O=C(CC(c1ccccc1)c1ccccc1)NC[C@@H]1C[C@H](F)CN1. The molecule has 1 saturated heterocycles. The molecule has 1 aliphatic heterocycles. The molecule has 1 heterocycles. The van der Waals surface area contributed by atoms with Gasteiger partial charge in [-0.1, -0.05) is 60.7 Å². The van der Waals surface area contributed by atoms with Crippen LogP contribution < -0.4 is 10.6 Å². The van der Waals surface area contributed by atoms with Crippen LogP contribution in [0.1, 0.15) is 29.9 Å². The Balaban J connectivity index is 1.64. The Hall–Kier alpha value is -2.20. The summed E-state index contributed by atoms with van der Waals surface area (Å²) in [5.74, 6) is 0.0228. The highest BCUT2D eigenvalue weighted by Gasteiger charge is 2.24. The molecule has 24 heavy (non-hydrogen) atoms. The fourth-order valence-electron chi connectivity index (χ4n) is 3.22. The highest BCUT2D eigenvalue weighted by molar-refractivity contribution is 5.77. The van der Waals surface area contributed by atoms with Crippen LogP contribution in [0.15, 0.2) is 60.7 Å². The van der Waals surface area contributed by atoms with Gasteiger partial charge in [0, 0.05) is 31.5 Å². The lowest BCUT2D eigenvalue weighted by molar-refractivity contribution is -0.121. The number of alkyl halides is 1. The summed E-state index contributed by atoms with van der Waals surface area (Å²) < 4.78 is 13.2. The first-order valence-electron chi connectivity index (χ1n) is 8.46. The van der Waals surface area contributed by atoms with Crippen LogP contribution in [0.2, 0.25) is 0 Å². The van der Waals surface area contributed by atoms with Crippen LogP contribution in [0.4, 0.5) is 4.39 Å². The van der Waals surface area contributed by atoms with E-state index in [-0.39, 0.29) is 17.9 Å². The van der Waals surface area contributed by atoms with E-state index in [1.54, 1.807) is 0 Å². The summed E-state index contributed by atoms with van der Waals surface area (Å²) >= 11 is 0. The minimum Gasteiger partial charge on any atom is -0.355 e. The Morgan fingerprint density at radius 1 is 1.08 bits per heavy atom. The predicted molar refractivity (Wildman–Crippen MR) is 93.7 cm³/mol. The average Bonchev–Trinajstić information content (AvgIpc) is 3.05. The molecule has 3 nitrogen and oxygen atoms in total. The molecular weight excluding hydrogens is 303 g/mol. The lowest BCUT2D eigenvalue weighted by Gasteiger charge is -2.19. The molecule has 3 rings (SSSR count). The standard InChI is InChI=1S/C20H23FN2O/c21-17-11-18(22-13-17)14-23-20(24)12-19(15-7-3-1-4-8-15)16-9-5-2-6-10-16/h1-10,17-19,22H,11-14H2,(H,23,24)/t17-,18-/m0/s1. The molecule has 2 aromatic carbocycles. The maximum absolute atomic E-state index is 13.2. The molecular formula is C20H23FN2O.